The highest BCUT2D eigenvalue weighted by atomic mass is 35.5. The van der Waals surface area contributed by atoms with E-state index in [4.69, 9.17) is 50.2 Å². The molecule has 17 heteroatoms. The molecule has 63 heavy (non-hydrogen) atoms. The van der Waals surface area contributed by atoms with Gasteiger partial charge in [-0.25, -0.2) is 0 Å². The zero-order valence-electron chi connectivity index (χ0n) is 34.6. The van der Waals surface area contributed by atoms with Gasteiger partial charge in [0.25, 0.3) is 11.8 Å². The average Bonchev–Trinajstić information content (AvgIpc) is 3.51. The molecule has 3 heterocycles. The van der Waals surface area contributed by atoms with Gasteiger partial charge < -0.3 is 43.7 Å². The third kappa shape index (κ3) is 10.4. The van der Waals surface area contributed by atoms with E-state index < -0.39 is 35.9 Å². The predicted octanol–water partition coefficient (Wildman–Crippen LogP) is 5.35. The Labute approximate surface area is 366 Å². The molecule has 1 fully saturated rings. The van der Waals surface area contributed by atoms with Gasteiger partial charge in [-0.15, -0.1) is 0 Å². The number of nitrogens with two attached hydrogens (primary N) is 1. The Bertz CT molecular complexity index is 2590. The van der Waals surface area contributed by atoms with Crippen molar-refractivity contribution in [2.45, 2.75) is 39.0 Å². The van der Waals surface area contributed by atoms with Gasteiger partial charge in [0.15, 0.2) is 5.43 Å². The lowest BCUT2D eigenvalue weighted by atomic mass is 9.97. The van der Waals surface area contributed by atoms with Gasteiger partial charge in [0.2, 0.25) is 11.8 Å². The summed E-state index contributed by atoms with van der Waals surface area (Å²) < 4.78 is 40.5. The van der Waals surface area contributed by atoms with Crippen molar-refractivity contribution in [1.29, 1.82) is 0 Å². The van der Waals surface area contributed by atoms with Crippen LogP contribution in [0.1, 0.15) is 57.8 Å². The summed E-state index contributed by atoms with van der Waals surface area (Å²) >= 11 is 6.65. The summed E-state index contributed by atoms with van der Waals surface area (Å²) in [5.74, 6) is -0.885. The summed E-state index contributed by atoms with van der Waals surface area (Å²) in [5.41, 5.74) is 9.34. The number of aliphatic hydroxyl groups excluding tert-OH is 1. The largest absolute Gasteiger partial charge is 0.493 e. The zero-order valence-corrected chi connectivity index (χ0v) is 35.4. The molecule has 0 spiro atoms. The van der Waals surface area contributed by atoms with Crippen LogP contribution in [0.25, 0.3) is 33.4 Å². The van der Waals surface area contributed by atoms with E-state index in [1.807, 2.05) is 19.9 Å². The fraction of sp³-hybridized carbons (Fsp3) is 0.326. The van der Waals surface area contributed by atoms with Crippen LogP contribution in [0, 0.1) is 6.92 Å². The number of aryl methyl sites for hydroxylation is 1. The van der Waals surface area contributed by atoms with E-state index in [-0.39, 0.29) is 67.3 Å². The molecule has 4 N–H and O–H groups in total. The van der Waals surface area contributed by atoms with E-state index in [1.165, 1.54) is 12.1 Å². The number of hydrogen-bond donors (Lipinski definition) is 3. The van der Waals surface area contributed by atoms with Crippen molar-refractivity contribution in [1.82, 2.24) is 10.2 Å². The van der Waals surface area contributed by atoms with Crippen LogP contribution in [-0.4, -0.2) is 99.1 Å². The van der Waals surface area contributed by atoms with Gasteiger partial charge in [-0.05, 0) is 73.9 Å². The summed E-state index contributed by atoms with van der Waals surface area (Å²) in [5, 5.41) is 12.9. The lowest BCUT2D eigenvalue weighted by Crippen LogP contribution is -2.54. The Morgan fingerprint density at radius 3 is 2.19 bits per heavy atom. The standard InChI is InChI=1S/C46H46ClN3O13/c1-3-60-38-25-40-33(23-32(38)27-19-26(2)20-28(21-27)43(48)53)36(51)24-39(63-40)30-8-7-29(22-34(30)47)61-17-15-58-13-11-57-12-14-59-16-18-62-37-6-4-5-31-42(37)46(56)50(45(31)55)35-9-10-41(52)49-44(35)54/h4-8,19-25,35,43,53H,3,9-18,48H2,1-2H3,(H,49,52,54). The molecule has 0 radical (unpaired) electrons. The third-order valence-electron chi connectivity index (χ3n) is 10.2. The van der Waals surface area contributed by atoms with Crippen molar-refractivity contribution < 1.29 is 57.1 Å². The minimum absolute atomic E-state index is 0.0333. The molecule has 0 aliphatic carbocycles. The monoisotopic (exact) mass is 883 g/mol. The minimum Gasteiger partial charge on any atom is -0.493 e. The number of aliphatic hydroxyl groups is 1. The molecule has 4 amide bonds. The van der Waals surface area contributed by atoms with Crippen LogP contribution < -0.4 is 30.7 Å². The first-order valence-corrected chi connectivity index (χ1v) is 20.7. The van der Waals surface area contributed by atoms with Gasteiger partial charge in [0.1, 0.15) is 54.1 Å². The number of carbonyl (C=O) groups excluding carboxylic acids is 4. The maximum Gasteiger partial charge on any atom is 0.266 e. The molecule has 5 aromatic rings. The molecule has 2 aliphatic rings. The van der Waals surface area contributed by atoms with E-state index in [0.717, 1.165) is 16.0 Å². The summed E-state index contributed by atoms with van der Waals surface area (Å²) in [6, 6.07) is 19.0. The van der Waals surface area contributed by atoms with Crippen molar-refractivity contribution in [2.75, 3.05) is 59.5 Å². The first kappa shape index (κ1) is 44.9. The third-order valence-corrected chi connectivity index (χ3v) is 10.6. The van der Waals surface area contributed by atoms with E-state index in [1.54, 1.807) is 54.6 Å². The second-order valence-electron chi connectivity index (χ2n) is 14.6. The Morgan fingerprint density at radius 2 is 1.51 bits per heavy atom. The van der Waals surface area contributed by atoms with Gasteiger partial charge in [0.05, 0.1) is 67.8 Å². The molecule has 16 nitrogen and oxygen atoms in total. The summed E-state index contributed by atoms with van der Waals surface area (Å²) in [6.45, 7) is 6.20. The second kappa shape index (κ2) is 20.4. The summed E-state index contributed by atoms with van der Waals surface area (Å²) in [7, 11) is 0. The Hall–Kier alpha value is -6.14. The van der Waals surface area contributed by atoms with E-state index in [2.05, 4.69) is 5.32 Å². The smallest absolute Gasteiger partial charge is 0.266 e. The first-order valence-electron chi connectivity index (χ1n) is 20.4. The number of benzene rings is 4. The number of amides is 4. The fourth-order valence-corrected chi connectivity index (χ4v) is 7.58. The fourth-order valence-electron chi connectivity index (χ4n) is 7.32. The molecule has 2 aliphatic heterocycles. The number of imide groups is 2. The average molecular weight is 884 g/mol. The second-order valence-corrected chi connectivity index (χ2v) is 15.0. The van der Waals surface area contributed by atoms with Crippen LogP contribution in [-0.2, 0) is 23.8 Å². The number of fused-ring (bicyclic) bond motifs is 2. The highest BCUT2D eigenvalue weighted by Gasteiger charge is 2.46. The number of rotatable bonds is 20. The zero-order chi connectivity index (χ0) is 44.6. The number of carbonyl (C=O) groups is 4. The normalized spacial score (nSPS) is 15.4. The minimum atomic E-state index is -1.16. The van der Waals surface area contributed by atoms with Gasteiger partial charge in [-0.3, -0.25) is 34.2 Å². The SMILES string of the molecule is CCOc1cc2oc(-c3ccc(OCCOCCOCCOCCOc4cccc5c4C(=O)N(C4CCC(=O)NC4=O)C5=O)cc3Cl)cc(=O)c2cc1-c1cc(C)cc(C(N)O)c1. The Balaban J connectivity index is 0.813. The summed E-state index contributed by atoms with van der Waals surface area (Å²) in [6.07, 6.45) is -1.06. The maximum atomic E-state index is 13.4. The molecule has 2 atom stereocenters. The topological polar surface area (TPSA) is 215 Å². The van der Waals surface area contributed by atoms with Gasteiger partial charge >= 0.3 is 0 Å². The predicted molar refractivity (Wildman–Crippen MR) is 230 cm³/mol. The van der Waals surface area contributed by atoms with Crippen molar-refractivity contribution in [3.63, 3.8) is 0 Å². The van der Waals surface area contributed by atoms with Crippen LogP contribution in [0.2, 0.25) is 5.02 Å². The molecule has 0 saturated carbocycles. The first-order chi connectivity index (χ1) is 30.4. The lowest BCUT2D eigenvalue weighted by Gasteiger charge is -2.27. The molecule has 330 valence electrons. The molecule has 0 bridgehead atoms. The quantitative estimate of drug-likeness (QED) is 0.0511. The van der Waals surface area contributed by atoms with Crippen LogP contribution in [0.15, 0.2) is 82.0 Å². The van der Waals surface area contributed by atoms with Crippen LogP contribution >= 0.6 is 11.6 Å². The number of ether oxygens (including phenoxy) is 6. The number of hydrogen-bond acceptors (Lipinski definition) is 14. The van der Waals surface area contributed by atoms with E-state index in [9.17, 15) is 29.1 Å². The lowest BCUT2D eigenvalue weighted by molar-refractivity contribution is -0.136. The van der Waals surface area contributed by atoms with Crippen molar-refractivity contribution in [3.8, 4) is 39.7 Å². The van der Waals surface area contributed by atoms with E-state index >= 15 is 0 Å². The van der Waals surface area contributed by atoms with Crippen LogP contribution in [0.5, 0.6) is 17.2 Å². The molecular weight excluding hydrogens is 838 g/mol. The Morgan fingerprint density at radius 1 is 0.794 bits per heavy atom. The molecule has 1 aromatic heterocycles. The molecular formula is C46H46ClN3O13. The number of nitrogens with zero attached hydrogens (tertiary/aromatic N) is 1. The molecule has 7 rings (SSSR count). The number of nitrogens with one attached hydrogen (secondary N) is 1. The molecule has 2 unspecified atom stereocenters. The van der Waals surface area contributed by atoms with Crippen molar-refractivity contribution in [2.24, 2.45) is 5.73 Å². The van der Waals surface area contributed by atoms with E-state index in [0.29, 0.717) is 77.2 Å². The molecule has 4 aromatic carbocycles. The van der Waals surface area contributed by atoms with Crippen LogP contribution in [0.3, 0.4) is 0 Å². The van der Waals surface area contributed by atoms with Crippen LogP contribution in [0.4, 0.5) is 0 Å². The van der Waals surface area contributed by atoms with Gasteiger partial charge in [0, 0.05) is 29.7 Å². The number of piperidine rings is 1. The highest BCUT2D eigenvalue weighted by Crippen LogP contribution is 2.38. The highest BCUT2D eigenvalue weighted by molar-refractivity contribution is 6.33. The van der Waals surface area contributed by atoms with Crippen molar-refractivity contribution >= 4 is 46.2 Å². The Kier molecular flexibility index (Phi) is 14.5. The van der Waals surface area contributed by atoms with Gasteiger partial charge in [-0.2, -0.15) is 0 Å². The maximum absolute atomic E-state index is 13.4. The summed E-state index contributed by atoms with van der Waals surface area (Å²) in [4.78, 5) is 64.4. The van der Waals surface area contributed by atoms with Gasteiger partial charge in [-0.1, -0.05) is 35.4 Å². The van der Waals surface area contributed by atoms with Crippen molar-refractivity contribution in [3.05, 3.63) is 110 Å². The molecule has 1 saturated heterocycles. The number of halogens is 1.